The summed E-state index contributed by atoms with van der Waals surface area (Å²) < 4.78 is 0. The summed E-state index contributed by atoms with van der Waals surface area (Å²) in [5, 5.41) is 11.7. The zero-order valence-corrected chi connectivity index (χ0v) is 9.71. The van der Waals surface area contributed by atoms with Crippen LogP contribution in [0.15, 0.2) is 42.7 Å². The minimum Gasteiger partial charge on any atom is -0.481 e. The molecule has 1 aromatic heterocycles. The normalized spacial score (nSPS) is 10.0. The molecule has 2 N–H and O–H groups in total. The molecule has 0 atom stereocenters. The predicted octanol–water partition coefficient (Wildman–Crippen LogP) is 2.24. The van der Waals surface area contributed by atoms with Crippen molar-refractivity contribution in [2.24, 2.45) is 0 Å². The third-order valence-electron chi connectivity index (χ3n) is 2.38. The highest BCUT2D eigenvalue weighted by Crippen LogP contribution is 2.15. The van der Waals surface area contributed by atoms with Gasteiger partial charge in [-0.1, -0.05) is 12.1 Å². The van der Waals surface area contributed by atoms with Crippen LogP contribution in [0.4, 0.5) is 11.6 Å². The Kier molecular flexibility index (Phi) is 3.86. The number of aromatic nitrogens is 2. The van der Waals surface area contributed by atoms with E-state index >= 15 is 0 Å². The van der Waals surface area contributed by atoms with E-state index in [9.17, 15) is 4.79 Å². The highest BCUT2D eigenvalue weighted by molar-refractivity contribution is 5.67. The van der Waals surface area contributed by atoms with Gasteiger partial charge in [-0.15, -0.1) is 0 Å². The smallest absolute Gasteiger partial charge is 0.303 e. The fourth-order valence-corrected chi connectivity index (χ4v) is 1.55. The molecule has 0 aliphatic carbocycles. The Morgan fingerprint density at radius 1 is 1.22 bits per heavy atom. The minimum atomic E-state index is -0.792. The maximum Gasteiger partial charge on any atom is 0.303 e. The van der Waals surface area contributed by atoms with Crippen LogP contribution in [0.5, 0.6) is 0 Å². The van der Waals surface area contributed by atoms with Crippen molar-refractivity contribution in [3.63, 3.8) is 0 Å². The number of benzene rings is 1. The van der Waals surface area contributed by atoms with Crippen LogP contribution >= 0.6 is 0 Å². The third kappa shape index (κ3) is 3.55. The van der Waals surface area contributed by atoms with Gasteiger partial charge in [0.1, 0.15) is 0 Å². The molecule has 0 saturated heterocycles. The summed E-state index contributed by atoms with van der Waals surface area (Å²) in [7, 11) is 0. The first-order valence-electron chi connectivity index (χ1n) is 5.59. The number of rotatable bonds is 5. The van der Waals surface area contributed by atoms with Crippen molar-refractivity contribution in [2.45, 2.75) is 12.8 Å². The molecule has 0 aliphatic rings. The van der Waals surface area contributed by atoms with Crippen LogP contribution in [0.1, 0.15) is 12.0 Å². The van der Waals surface area contributed by atoms with Crippen molar-refractivity contribution in [1.82, 2.24) is 9.97 Å². The molecule has 0 unspecified atom stereocenters. The molecule has 5 heteroatoms. The van der Waals surface area contributed by atoms with Gasteiger partial charge in [-0.25, -0.2) is 9.97 Å². The molecule has 18 heavy (non-hydrogen) atoms. The number of hydrogen-bond acceptors (Lipinski definition) is 4. The van der Waals surface area contributed by atoms with Gasteiger partial charge in [0.25, 0.3) is 0 Å². The van der Waals surface area contributed by atoms with Crippen LogP contribution in [0.3, 0.4) is 0 Å². The number of carboxylic acids is 1. The lowest BCUT2D eigenvalue weighted by atomic mass is 10.1. The molecule has 0 aliphatic heterocycles. The van der Waals surface area contributed by atoms with Crippen LogP contribution in [0.25, 0.3) is 0 Å². The second-order valence-electron chi connectivity index (χ2n) is 3.79. The number of nitrogens with one attached hydrogen (secondary N) is 1. The molecule has 0 saturated carbocycles. The first-order valence-corrected chi connectivity index (χ1v) is 5.59. The van der Waals surface area contributed by atoms with E-state index in [2.05, 4.69) is 15.3 Å². The molecule has 1 heterocycles. The van der Waals surface area contributed by atoms with Gasteiger partial charge >= 0.3 is 5.97 Å². The number of carboxylic acid groups (broad SMARTS) is 1. The Morgan fingerprint density at radius 2 is 2.00 bits per heavy atom. The molecule has 5 nitrogen and oxygen atoms in total. The second-order valence-corrected chi connectivity index (χ2v) is 3.79. The molecular formula is C13H13N3O2. The van der Waals surface area contributed by atoms with Gasteiger partial charge in [-0.05, 0) is 30.2 Å². The van der Waals surface area contributed by atoms with Gasteiger partial charge in [-0.3, -0.25) is 4.79 Å². The van der Waals surface area contributed by atoms with Gasteiger partial charge in [0.15, 0.2) is 0 Å². The van der Waals surface area contributed by atoms with E-state index in [1.165, 1.54) is 0 Å². The largest absolute Gasteiger partial charge is 0.481 e. The monoisotopic (exact) mass is 243 g/mol. The molecule has 0 bridgehead atoms. The van der Waals surface area contributed by atoms with Crippen LogP contribution in [-0.4, -0.2) is 21.0 Å². The maximum absolute atomic E-state index is 10.5. The number of hydrogen-bond donors (Lipinski definition) is 2. The number of aliphatic carboxylic acids is 1. The number of anilines is 2. The third-order valence-corrected chi connectivity index (χ3v) is 2.38. The summed E-state index contributed by atoms with van der Waals surface area (Å²) in [5.41, 5.74) is 1.82. The highest BCUT2D eigenvalue weighted by atomic mass is 16.4. The second kappa shape index (κ2) is 5.77. The number of aryl methyl sites for hydroxylation is 1. The van der Waals surface area contributed by atoms with Crippen molar-refractivity contribution >= 4 is 17.6 Å². The van der Waals surface area contributed by atoms with Crippen LogP contribution in [-0.2, 0) is 11.2 Å². The van der Waals surface area contributed by atoms with Crippen LogP contribution in [0, 0.1) is 0 Å². The van der Waals surface area contributed by atoms with Gasteiger partial charge < -0.3 is 10.4 Å². The quantitative estimate of drug-likeness (QED) is 0.842. The molecule has 2 aromatic rings. The van der Waals surface area contributed by atoms with E-state index in [1.807, 2.05) is 24.3 Å². The highest BCUT2D eigenvalue weighted by Gasteiger charge is 2.01. The Balaban J connectivity index is 2.05. The fourth-order valence-electron chi connectivity index (χ4n) is 1.55. The van der Waals surface area contributed by atoms with Gasteiger partial charge in [0.2, 0.25) is 5.95 Å². The molecule has 0 amide bonds. The van der Waals surface area contributed by atoms with Crippen LogP contribution in [0.2, 0.25) is 0 Å². The Morgan fingerprint density at radius 3 is 2.72 bits per heavy atom. The van der Waals surface area contributed by atoms with Gasteiger partial charge in [0.05, 0.1) is 0 Å². The topological polar surface area (TPSA) is 75.1 Å². The summed E-state index contributed by atoms with van der Waals surface area (Å²) in [4.78, 5) is 18.6. The Hall–Kier alpha value is -2.43. The van der Waals surface area contributed by atoms with Crippen molar-refractivity contribution in [3.8, 4) is 0 Å². The van der Waals surface area contributed by atoms with E-state index in [1.54, 1.807) is 18.5 Å². The van der Waals surface area contributed by atoms with E-state index in [-0.39, 0.29) is 6.42 Å². The molecule has 0 fully saturated rings. The predicted molar refractivity (Wildman–Crippen MR) is 67.7 cm³/mol. The molecule has 1 aromatic carbocycles. The zero-order valence-electron chi connectivity index (χ0n) is 9.71. The van der Waals surface area contributed by atoms with Crippen molar-refractivity contribution in [2.75, 3.05) is 5.32 Å². The first-order chi connectivity index (χ1) is 8.74. The van der Waals surface area contributed by atoms with Gasteiger partial charge in [0, 0.05) is 24.5 Å². The molecule has 2 rings (SSSR count). The van der Waals surface area contributed by atoms with E-state index < -0.39 is 5.97 Å². The average Bonchev–Trinajstić information content (AvgIpc) is 2.38. The number of nitrogens with zero attached hydrogens (tertiary/aromatic N) is 2. The lowest BCUT2D eigenvalue weighted by molar-refractivity contribution is -0.136. The molecular weight excluding hydrogens is 230 g/mol. The zero-order chi connectivity index (χ0) is 12.8. The molecule has 92 valence electrons. The lowest BCUT2D eigenvalue weighted by Crippen LogP contribution is -1.99. The first kappa shape index (κ1) is 12.0. The van der Waals surface area contributed by atoms with E-state index in [0.29, 0.717) is 12.4 Å². The van der Waals surface area contributed by atoms with Crippen LogP contribution < -0.4 is 5.32 Å². The molecule has 0 radical (unpaired) electrons. The minimum absolute atomic E-state index is 0.130. The summed E-state index contributed by atoms with van der Waals surface area (Å²) in [6.07, 6.45) is 3.96. The average molecular weight is 243 g/mol. The lowest BCUT2D eigenvalue weighted by Gasteiger charge is -2.06. The molecule has 0 spiro atoms. The van der Waals surface area contributed by atoms with E-state index in [4.69, 9.17) is 5.11 Å². The van der Waals surface area contributed by atoms with Crippen molar-refractivity contribution in [1.29, 1.82) is 0 Å². The van der Waals surface area contributed by atoms with Crippen molar-refractivity contribution in [3.05, 3.63) is 48.3 Å². The Bertz CT molecular complexity index is 529. The number of carbonyl (C=O) groups is 1. The SMILES string of the molecule is O=C(O)CCc1cccc(Nc2ncccn2)c1. The maximum atomic E-state index is 10.5. The summed E-state index contributed by atoms with van der Waals surface area (Å²) >= 11 is 0. The summed E-state index contributed by atoms with van der Waals surface area (Å²) in [6, 6.07) is 9.32. The van der Waals surface area contributed by atoms with Crippen molar-refractivity contribution < 1.29 is 9.90 Å². The van der Waals surface area contributed by atoms with E-state index in [0.717, 1.165) is 11.3 Å². The summed E-state index contributed by atoms with van der Waals surface area (Å²) in [5.74, 6) is -0.271. The standard InChI is InChI=1S/C13H13N3O2/c17-12(18)6-5-10-3-1-4-11(9-10)16-13-14-7-2-8-15-13/h1-4,7-9H,5-6H2,(H,17,18)(H,14,15,16). The fraction of sp³-hybridized carbons (Fsp3) is 0.154. The van der Waals surface area contributed by atoms with Gasteiger partial charge in [-0.2, -0.15) is 0 Å². The Labute approximate surface area is 105 Å². The summed E-state index contributed by atoms with van der Waals surface area (Å²) in [6.45, 7) is 0.